The van der Waals surface area contributed by atoms with Crippen LogP contribution in [0.3, 0.4) is 0 Å². The number of carboxylic acid groups (broad SMARTS) is 1. The van der Waals surface area contributed by atoms with Gasteiger partial charge < -0.3 is 29.5 Å². The summed E-state index contributed by atoms with van der Waals surface area (Å²) in [5.41, 5.74) is 2.50. The number of hydrogen-bond donors (Lipinski definition) is 2. The van der Waals surface area contributed by atoms with Crippen molar-refractivity contribution < 1.29 is 23.8 Å². The standard InChI is InChI=1S/C32H33FN4O5/c1-32(2,3)42-31(41)34-19-21-4-8-24(9-5-21)37-20-27(30(39)40)29(38)26-13-12-25(18-28(26)37)36-16-14-35(15-17-36)23-10-6-22(33)7-11-23/h4-13,18,20H,14-17,19H2,1-3H3,(H,34,41)(H,39,40). The maximum atomic E-state index is 13.3. The lowest BCUT2D eigenvalue weighted by atomic mass is 10.1. The third kappa shape index (κ3) is 6.38. The second kappa shape index (κ2) is 11.6. The van der Waals surface area contributed by atoms with Gasteiger partial charge in [0.25, 0.3) is 0 Å². The highest BCUT2D eigenvalue weighted by Gasteiger charge is 2.21. The van der Waals surface area contributed by atoms with Gasteiger partial charge in [-0.1, -0.05) is 12.1 Å². The van der Waals surface area contributed by atoms with E-state index >= 15 is 0 Å². The highest BCUT2D eigenvalue weighted by molar-refractivity contribution is 5.94. The molecule has 1 fully saturated rings. The van der Waals surface area contributed by atoms with Crippen LogP contribution in [0.4, 0.5) is 20.6 Å². The van der Waals surface area contributed by atoms with Gasteiger partial charge >= 0.3 is 12.1 Å². The van der Waals surface area contributed by atoms with E-state index in [1.807, 2.05) is 36.4 Å². The summed E-state index contributed by atoms with van der Waals surface area (Å²) in [7, 11) is 0. The number of halogens is 1. The van der Waals surface area contributed by atoms with Crippen LogP contribution in [0.1, 0.15) is 36.7 Å². The van der Waals surface area contributed by atoms with E-state index in [0.29, 0.717) is 16.6 Å². The van der Waals surface area contributed by atoms with Gasteiger partial charge in [0, 0.05) is 61.4 Å². The Morgan fingerprint density at radius 3 is 2.05 bits per heavy atom. The van der Waals surface area contributed by atoms with E-state index < -0.39 is 23.1 Å². The molecule has 3 aromatic carbocycles. The SMILES string of the molecule is CC(C)(C)OC(=O)NCc1ccc(-n2cc(C(=O)O)c(=O)c3ccc(N4CCN(c5ccc(F)cc5)CC4)cc32)cc1. The number of alkyl carbamates (subject to hydrolysis) is 1. The number of fused-ring (bicyclic) bond motifs is 1. The molecule has 5 rings (SSSR count). The number of nitrogens with zero attached hydrogens (tertiary/aromatic N) is 3. The molecule has 42 heavy (non-hydrogen) atoms. The predicted octanol–water partition coefficient (Wildman–Crippen LogP) is 5.18. The predicted molar refractivity (Wildman–Crippen MR) is 160 cm³/mol. The number of rotatable bonds is 6. The molecule has 1 saturated heterocycles. The largest absolute Gasteiger partial charge is 0.477 e. The molecule has 0 aliphatic carbocycles. The fraction of sp³-hybridized carbons (Fsp3) is 0.281. The number of carbonyl (C=O) groups is 2. The Morgan fingerprint density at radius 1 is 0.881 bits per heavy atom. The summed E-state index contributed by atoms with van der Waals surface area (Å²) in [4.78, 5) is 41.4. The number of hydrogen-bond acceptors (Lipinski definition) is 6. The molecule has 218 valence electrons. The van der Waals surface area contributed by atoms with Crippen molar-refractivity contribution in [1.82, 2.24) is 9.88 Å². The zero-order valence-electron chi connectivity index (χ0n) is 23.8. The average Bonchev–Trinajstić information content (AvgIpc) is 2.96. The monoisotopic (exact) mass is 572 g/mol. The molecule has 2 N–H and O–H groups in total. The van der Waals surface area contributed by atoms with E-state index in [2.05, 4.69) is 15.1 Å². The molecular formula is C32H33FN4O5. The summed E-state index contributed by atoms with van der Waals surface area (Å²) < 4.78 is 20.3. The first kappa shape index (κ1) is 28.7. The van der Waals surface area contributed by atoms with Crippen LogP contribution in [-0.2, 0) is 11.3 Å². The van der Waals surface area contributed by atoms with E-state index in [1.54, 1.807) is 43.5 Å². The molecule has 0 radical (unpaired) electrons. The Balaban J connectivity index is 1.41. The number of carbonyl (C=O) groups excluding carboxylic acids is 1. The van der Waals surface area contributed by atoms with Crippen LogP contribution in [0, 0.1) is 5.82 Å². The van der Waals surface area contributed by atoms with Crippen LogP contribution in [0.5, 0.6) is 0 Å². The van der Waals surface area contributed by atoms with Crippen LogP contribution in [0.15, 0.2) is 77.7 Å². The van der Waals surface area contributed by atoms with Gasteiger partial charge in [-0.15, -0.1) is 0 Å². The van der Waals surface area contributed by atoms with E-state index in [9.17, 15) is 23.9 Å². The summed E-state index contributed by atoms with van der Waals surface area (Å²) >= 11 is 0. The first-order valence-corrected chi connectivity index (χ1v) is 13.7. The molecular weight excluding hydrogens is 539 g/mol. The molecule has 9 nitrogen and oxygen atoms in total. The number of piperazine rings is 1. The Morgan fingerprint density at radius 2 is 1.45 bits per heavy atom. The topological polar surface area (TPSA) is 104 Å². The van der Waals surface area contributed by atoms with Crippen molar-refractivity contribution in [3.63, 3.8) is 0 Å². The fourth-order valence-corrected chi connectivity index (χ4v) is 5.01. The Bertz CT molecular complexity index is 1670. The number of anilines is 2. The maximum Gasteiger partial charge on any atom is 0.407 e. The van der Waals surface area contributed by atoms with Gasteiger partial charge in [0.2, 0.25) is 5.43 Å². The molecule has 1 aliphatic rings. The highest BCUT2D eigenvalue weighted by Crippen LogP contribution is 2.26. The molecule has 0 saturated carbocycles. The molecule has 0 spiro atoms. The van der Waals surface area contributed by atoms with Crippen molar-refractivity contribution in [3.05, 3.63) is 100 Å². The minimum atomic E-state index is -1.30. The second-order valence-corrected chi connectivity index (χ2v) is 11.2. The zero-order chi connectivity index (χ0) is 30.0. The minimum Gasteiger partial charge on any atom is -0.477 e. The smallest absolute Gasteiger partial charge is 0.407 e. The van der Waals surface area contributed by atoms with Crippen molar-refractivity contribution in [3.8, 4) is 5.69 Å². The lowest BCUT2D eigenvalue weighted by molar-refractivity contribution is 0.0523. The lowest BCUT2D eigenvalue weighted by Crippen LogP contribution is -2.46. The summed E-state index contributed by atoms with van der Waals surface area (Å²) in [6.07, 6.45) is 0.840. The van der Waals surface area contributed by atoms with Crippen molar-refractivity contribution >= 4 is 34.3 Å². The van der Waals surface area contributed by atoms with E-state index in [4.69, 9.17) is 4.74 Å². The van der Waals surface area contributed by atoms with Crippen LogP contribution in [-0.4, -0.2) is 53.5 Å². The van der Waals surface area contributed by atoms with Gasteiger partial charge in [-0.05, 0) is 80.9 Å². The molecule has 10 heteroatoms. The van der Waals surface area contributed by atoms with Crippen molar-refractivity contribution in [2.75, 3.05) is 36.0 Å². The van der Waals surface area contributed by atoms with Gasteiger partial charge in [-0.25, -0.2) is 14.0 Å². The number of nitrogens with one attached hydrogen (secondary N) is 1. The Kier molecular flexibility index (Phi) is 7.89. The molecule has 4 aromatic rings. The number of benzene rings is 3. The fourth-order valence-electron chi connectivity index (χ4n) is 5.01. The van der Waals surface area contributed by atoms with Gasteiger partial charge in [0.15, 0.2) is 0 Å². The molecule has 0 atom stereocenters. The third-order valence-electron chi connectivity index (χ3n) is 7.11. The van der Waals surface area contributed by atoms with Crippen LogP contribution >= 0.6 is 0 Å². The van der Waals surface area contributed by atoms with E-state index in [1.165, 1.54) is 18.3 Å². The van der Waals surface area contributed by atoms with Gasteiger partial charge in [-0.3, -0.25) is 4.79 Å². The zero-order valence-corrected chi connectivity index (χ0v) is 23.8. The first-order chi connectivity index (χ1) is 20.0. The quantitative estimate of drug-likeness (QED) is 0.328. The van der Waals surface area contributed by atoms with Gasteiger partial charge in [-0.2, -0.15) is 0 Å². The second-order valence-electron chi connectivity index (χ2n) is 11.2. The molecule has 0 unspecified atom stereocenters. The number of aromatic nitrogens is 1. The number of pyridine rings is 1. The van der Waals surface area contributed by atoms with Gasteiger partial charge in [0.05, 0.1) is 5.52 Å². The van der Waals surface area contributed by atoms with Crippen LogP contribution in [0.2, 0.25) is 0 Å². The lowest BCUT2D eigenvalue weighted by Gasteiger charge is -2.37. The molecule has 1 amide bonds. The Hall–Kier alpha value is -4.86. The maximum absolute atomic E-state index is 13.3. The number of amides is 1. The minimum absolute atomic E-state index is 0.258. The Labute approximate surface area is 242 Å². The molecule has 1 aliphatic heterocycles. The summed E-state index contributed by atoms with van der Waals surface area (Å²) in [5, 5.41) is 12.8. The molecule has 0 bridgehead atoms. The first-order valence-electron chi connectivity index (χ1n) is 13.7. The number of aromatic carboxylic acids is 1. The normalized spacial score (nSPS) is 13.7. The molecule has 1 aromatic heterocycles. The summed E-state index contributed by atoms with van der Waals surface area (Å²) in [6, 6.07) is 19.2. The third-order valence-corrected chi connectivity index (χ3v) is 7.11. The average molecular weight is 573 g/mol. The number of ether oxygens (including phenoxy) is 1. The highest BCUT2D eigenvalue weighted by atomic mass is 19.1. The summed E-state index contributed by atoms with van der Waals surface area (Å²) in [5.74, 6) is -1.56. The van der Waals surface area contributed by atoms with Gasteiger partial charge in [0.1, 0.15) is 17.0 Å². The van der Waals surface area contributed by atoms with E-state index in [-0.39, 0.29) is 17.9 Å². The molecule has 2 heterocycles. The van der Waals surface area contributed by atoms with Crippen LogP contribution in [0.25, 0.3) is 16.6 Å². The van der Waals surface area contributed by atoms with E-state index in [0.717, 1.165) is 43.1 Å². The van der Waals surface area contributed by atoms with Crippen molar-refractivity contribution in [2.24, 2.45) is 0 Å². The summed E-state index contributed by atoms with van der Waals surface area (Å²) in [6.45, 7) is 8.57. The van der Waals surface area contributed by atoms with Crippen molar-refractivity contribution in [2.45, 2.75) is 32.9 Å². The number of carboxylic acids is 1. The van der Waals surface area contributed by atoms with Crippen LogP contribution < -0.4 is 20.5 Å². The van der Waals surface area contributed by atoms with Crippen molar-refractivity contribution in [1.29, 1.82) is 0 Å².